The van der Waals surface area contributed by atoms with E-state index in [1.165, 1.54) is 18.2 Å². The lowest BCUT2D eigenvalue weighted by atomic mass is 10.1. The first-order valence-corrected chi connectivity index (χ1v) is 9.63. The molecule has 0 aliphatic carbocycles. The molecule has 166 valence electrons. The first kappa shape index (κ1) is 22.8. The summed E-state index contributed by atoms with van der Waals surface area (Å²) in [6.45, 7) is 1.28. The van der Waals surface area contributed by atoms with Crippen LogP contribution in [-0.4, -0.2) is 48.4 Å². The molecule has 0 aliphatic rings. The van der Waals surface area contributed by atoms with E-state index in [-0.39, 0.29) is 5.75 Å². The number of alkyl halides is 3. The largest absolute Gasteiger partial charge is 0.573 e. The Morgan fingerprint density at radius 2 is 1.84 bits per heavy atom. The molecule has 0 saturated heterocycles. The van der Waals surface area contributed by atoms with Gasteiger partial charge in [0.2, 0.25) is 5.95 Å². The van der Waals surface area contributed by atoms with E-state index in [0.29, 0.717) is 40.8 Å². The highest BCUT2D eigenvalue weighted by molar-refractivity contribution is 5.70. The molecular weight excluding hydrogens is 421 g/mol. The molecule has 0 atom stereocenters. The zero-order valence-corrected chi connectivity index (χ0v) is 17.4. The van der Waals surface area contributed by atoms with E-state index < -0.39 is 6.36 Å². The van der Waals surface area contributed by atoms with Crippen LogP contribution in [0.5, 0.6) is 5.75 Å². The Labute approximate surface area is 183 Å². The van der Waals surface area contributed by atoms with Gasteiger partial charge in [-0.2, -0.15) is 10.2 Å². The van der Waals surface area contributed by atoms with Gasteiger partial charge in [-0.05, 0) is 38.4 Å². The summed E-state index contributed by atoms with van der Waals surface area (Å²) in [4.78, 5) is 10.9. The number of hydrogen-bond acceptors (Lipinski definition) is 7. The average Bonchev–Trinajstić information content (AvgIpc) is 2.73. The number of halogens is 3. The molecule has 0 aliphatic heterocycles. The van der Waals surface area contributed by atoms with E-state index in [4.69, 9.17) is 0 Å². The van der Waals surface area contributed by atoms with Gasteiger partial charge >= 0.3 is 6.36 Å². The summed E-state index contributed by atoms with van der Waals surface area (Å²) < 4.78 is 41.9. The number of likely N-dealkylation sites (N-methyl/N-ethyl adjacent to an activating group) is 1. The van der Waals surface area contributed by atoms with Gasteiger partial charge in [-0.25, -0.2) is 4.98 Å². The van der Waals surface area contributed by atoms with Gasteiger partial charge < -0.3 is 20.3 Å². The van der Waals surface area contributed by atoms with E-state index >= 15 is 0 Å². The van der Waals surface area contributed by atoms with E-state index in [1.54, 1.807) is 36.4 Å². The van der Waals surface area contributed by atoms with Crippen LogP contribution >= 0.6 is 0 Å². The zero-order valence-electron chi connectivity index (χ0n) is 17.4. The van der Waals surface area contributed by atoms with Gasteiger partial charge in [-0.3, -0.25) is 0 Å². The first-order chi connectivity index (χ1) is 15.2. The maximum absolute atomic E-state index is 12.6. The van der Waals surface area contributed by atoms with Gasteiger partial charge in [0.25, 0.3) is 0 Å². The van der Waals surface area contributed by atoms with Crippen molar-refractivity contribution in [2.45, 2.75) is 6.36 Å². The summed E-state index contributed by atoms with van der Waals surface area (Å²) >= 11 is 0. The van der Waals surface area contributed by atoms with Crippen molar-refractivity contribution in [1.29, 1.82) is 5.26 Å². The molecule has 0 fully saturated rings. The third kappa shape index (κ3) is 6.58. The number of rotatable bonds is 8. The van der Waals surface area contributed by atoms with Gasteiger partial charge in [0.05, 0.1) is 16.9 Å². The fourth-order valence-electron chi connectivity index (χ4n) is 2.81. The van der Waals surface area contributed by atoms with E-state index in [9.17, 15) is 18.4 Å². The van der Waals surface area contributed by atoms with Crippen molar-refractivity contribution in [1.82, 2.24) is 14.9 Å². The van der Waals surface area contributed by atoms with Crippen molar-refractivity contribution in [3.05, 3.63) is 60.2 Å². The molecular formula is C22H21F3N6O. The number of nitrogens with zero attached hydrogens (tertiary/aromatic N) is 4. The second-order valence-corrected chi connectivity index (χ2v) is 7.05. The van der Waals surface area contributed by atoms with Crippen molar-refractivity contribution < 1.29 is 17.9 Å². The van der Waals surface area contributed by atoms with Crippen molar-refractivity contribution in [3.8, 4) is 23.1 Å². The molecule has 0 bridgehead atoms. The topological polar surface area (TPSA) is 86.1 Å². The molecule has 0 radical (unpaired) electrons. The normalized spacial score (nSPS) is 11.2. The molecule has 3 aromatic rings. The second-order valence-electron chi connectivity index (χ2n) is 7.05. The van der Waals surface area contributed by atoms with Crippen molar-refractivity contribution in [2.24, 2.45) is 0 Å². The van der Waals surface area contributed by atoms with Crippen LogP contribution in [0.4, 0.5) is 30.6 Å². The van der Waals surface area contributed by atoms with E-state index in [2.05, 4.69) is 31.4 Å². The highest BCUT2D eigenvalue weighted by Crippen LogP contribution is 2.29. The van der Waals surface area contributed by atoms with E-state index in [1.807, 2.05) is 19.0 Å². The van der Waals surface area contributed by atoms with E-state index in [0.717, 1.165) is 6.54 Å². The molecule has 0 unspecified atom stereocenters. The molecule has 7 nitrogen and oxygen atoms in total. The van der Waals surface area contributed by atoms with Crippen LogP contribution in [0, 0.1) is 11.3 Å². The Morgan fingerprint density at radius 3 is 2.56 bits per heavy atom. The number of nitriles is 1. The highest BCUT2D eigenvalue weighted by Gasteiger charge is 2.31. The quantitative estimate of drug-likeness (QED) is 0.526. The van der Waals surface area contributed by atoms with Gasteiger partial charge in [-0.1, -0.05) is 24.3 Å². The van der Waals surface area contributed by atoms with Gasteiger partial charge in [0.1, 0.15) is 17.6 Å². The van der Waals surface area contributed by atoms with Gasteiger partial charge in [0.15, 0.2) is 0 Å². The van der Waals surface area contributed by atoms with Crippen LogP contribution in [0.2, 0.25) is 0 Å². The molecule has 0 amide bonds. The van der Waals surface area contributed by atoms with Crippen molar-refractivity contribution >= 4 is 17.5 Å². The predicted molar refractivity (Wildman–Crippen MR) is 116 cm³/mol. The van der Waals surface area contributed by atoms with Crippen LogP contribution in [0.1, 0.15) is 5.56 Å². The number of benzene rings is 2. The predicted octanol–water partition coefficient (Wildman–Crippen LogP) is 4.63. The number of ether oxygens (including phenoxy) is 1. The maximum Gasteiger partial charge on any atom is 0.573 e. The van der Waals surface area contributed by atoms with Crippen LogP contribution in [0.25, 0.3) is 11.3 Å². The molecule has 0 spiro atoms. The fourth-order valence-corrected chi connectivity index (χ4v) is 2.81. The number of anilines is 3. The number of aromatic nitrogens is 2. The van der Waals surface area contributed by atoms with Crippen LogP contribution in [0.3, 0.4) is 0 Å². The van der Waals surface area contributed by atoms with Crippen molar-refractivity contribution in [3.63, 3.8) is 0 Å². The Bertz CT molecular complexity index is 1110. The standard InChI is InChI=1S/C22H21F3N6O/c1-31(2)11-10-27-21-29-19(15-7-5-8-17(12-15)32-22(23,24)25)13-20(30-21)28-18-9-4-3-6-16(18)14-26/h3-9,12-13H,10-11H2,1-2H3,(H2,27,28,29,30). The lowest BCUT2D eigenvalue weighted by Crippen LogP contribution is -2.21. The van der Waals surface area contributed by atoms with Gasteiger partial charge in [-0.15, -0.1) is 13.2 Å². The number of para-hydroxylation sites is 1. The van der Waals surface area contributed by atoms with Gasteiger partial charge in [0, 0.05) is 24.7 Å². The number of hydrogen-bond donors (Lipinski definition) is 2. The summed E-state index contributed by atoms with van der Waals surface area (Å²) in [5, 5.41) is 15.5. The van der Waals surface area contributed by atoms with Crippen LogP contribution < -0.4 is 15.4 Å². The lowest BCUT2D eigenvalue weighted by Gasteiger charge is -2.14. The Balaban J connectivity index is 1.97. The zero-order chi connectivity index (χ0) is 23.1. The summed E-state index contributed by atoms with van der Waals surface area (Å²) in [6.07, 6.45) is -4.79. The summed E-state index contributed by atoms with van der Waals surface area (Å²) in [5.74, 6) is 0.329. The van der Waals surface area contributed by atoms with Crippen molar-refractivity contribution in [2.75, 3.05) is 37.8 Å². The third-order valence-corrected chi connectivity index (χ3v) is 4.24. The van der Waals surface area contributed by atoms with Crippen LogP contribution in [-0.2, 0) is 0 Å². The molecule has 1 aromatic heterocycles. The summed E-state index contributed by atoms with van der Waals surface area (Å²) in [6, 6.07) is 16.2. The maximum atomic E-state index is 12.6. The second kappa shape index (κ2) is 9.98. The molecule has 10 heteroatoms. The highest BCUT2D eigenvalue weighted by atomic mass is 19.4. The average molecular weight is 442 g/mol. The Morgan fingerprint density at radius 1 is 1.06 bits per heavy atom. The smallest absolute Gasteiger partial charge is 0.406 e. The lowest BCUT2D eigenvalue weighted by molar-refractivity contribution is -0.274. The first-order valence-electron chi connectivity index (χ1n) is 9.63. The minimum absolute atomic E-state index is 0.295. The number of nitrogens with one attached hydrogen (secondary N) is 2. The minimum atomic E-state index is -4.79. The monoisotopic (exact) mass is 442 g/mol. The summed E-state index contributed by atoms with van der Waals surface area (Å²) in [5.41, 5.74) is 1.78. The Kier molecular flexibility index (Phi) is 7.12. The molecule has 1 heterocycles. The Hall–Kier alpha value is -3.84. The third-order valence-electron chi connectivity index (χ3n) is 4.24. The molecule has 2 aromatic carbocycles. The molecule has 2 N–H and O–H groups in total. The molecule has 0 saturated carbocycles. The summed E-state index contributed by atoms with van der Waals surface area (Å²) in [7, 11) is 3.85. The molecule has 3 rings (SSSR count). The van der Waals surface area contributed by atoms with Crippen LogP contribution in [0.15, 0.2) is 54.6 Å². The minimum Gasteiger partial charge on any atom is -0.406 e. The molecule has 32 heavy (non-hydrogen) atoms. The fraction of sp³-hybridized carbons (Fsp3) is 0.227. The SMILES string of the molecule is CN(C)CCNc1nc(Nc2ccccc2C#N)cc(-c2cccc(OC(F)(F)F)c2)n1.